The molecule has 1 fully saturated rings. The summed E-state index contributed by atoms with van der Waals surface area (Å²) in [7, 11) is 0. The minimum atomic E-state index is -0.800. The van der Waals surface area contributed by atoms with Crippen LogP contribution in [-0.4, -0.2) is 16.9 Å². The summed E-state index contributed by atoms with van der Waals surface area (Å²) in [6.45, 7) is 5.96. The van der Waals surface area contributed by atoms with Gasteiger partial charge in [-0.05, 0) is 49.7 Å². The number of benzene rings is 1. The van der Waals surface area contributed by atoms with Crippen LogP contribution in [0.25, 0.3) is 0 Å². The van der Waals surface area contributed by atoms with Gasteiger partial charge in [0.1, 0.15) is 0 Å². The molecule has 3 atom stereocenters. The van der Waals surface area contributed by atoms with Crippen molar-refractivity contribution in [3.05, 3.63) is 34.9 Å². The summed E-state index contributed by atoms with van der Waals surface area (Å²) in [5.41, 5.74) is 1.94. The van der Waals surface area contributed by atoms with Gasteiger partial charge in [-0.3, -0.25) is 9.59 Å². The van der Waals surface area contributed by atoms with E-state index in [1.807, 2.05) is 32.0 Å². The summed E-state index contributed by atoms with van der Waals surface area (Å²) >= 11 is 0. The van der Waals surface area contributed by atoms with Crippen molar-refractivity contribution in [2.45, 2.75) is 51.9 Å². The van der Waals surface area contributed by atoms with E-state index in [0.717, 1.165) is 29.5 Å². The third-order valence-corrected chi connectivity index (χ3v) is 5.90. The van der Waals surface area contributed by atoms with E-state index >= 15 is 0 Å². The van der Waals surface area contributed by atoms with E-state index in [1.54, 1.807) is 0 Å². The zero-order chi connectivity index (χ0) is 15.4. The lowest BCUT2D eigenvalue weighted by molar-refractivity contribution is -0.156. The van der Waals surface area contributed by atoms with Crippen molar-refractivity contribution in [2.24, 2.45) is 11.3 Å². The van der Waals surface area contributed by atoms with E-state index in [1.165, 1.54) is 0 Å². The molecular weight excluding hydrogens is 264 g/mol. The smallest absolute Gasteiger partial charge is 0.309 e. The Morgan fingerprint density at radius 1 is 1.29 bits per heavy atom. The average Bonchev–Trinajstić information content (AvgIpc) is 2.41. The fraction of sp³-hybridized carbons (Fsp3) is 0.556. The molecule has 1 aromatic rings. The minimum absolute atomic E-state index is 0.102. The number of Topliss-reactive ketones (excluding diaryl/α,β-unsaturated/α-hetero) is 1. The molecule has 0 spiro atoms. The van der Waals surface area contributed by atoms with Crippen LogP contribution in [0.2, 0.25) is 0 Å². The predicted molar refractivity (Wildman–Crippen MR) is 80.6 cm³/mol. The predicted octanol–water partition coefficient (Wildman–Crippen LogP) is 3.73. The van der Waals surface area contributed by atoms with Crippen molar-refractivity contribution < 1.29 is 14.7 Å². The maximum atomic E-state index is 12.6. The van der Waals surface area contributed by atoms with E-state index < -0.39 is 11.4 Å². The second kappa shape index (κ2) is 4.43. The summed E-state index contributed by atoms with van der Waals surface area (Å²) < 4.78 is 0. The zero-order valence-corrected chi connectivity index (χ0v) is 12.9. The summed E-state index contributed by atoms with van der Waals surface area (Å²) in [5.74, 6) is -0.772. The van der Waals surface area contributed by atoms with Crippen LogP contribution in [0.3, 0.4) is 0 Å². The SMILES string of the molecule is Cc1ccc2c(c1)C(=O)C[C@@H]1[C@](C)(C(=O)O)CCC[C@@]21C. The zero-order valence-electron chi connectivity index (χ0n) is 12.9. The first kappa shape index (κ1) is 14.3. The molecule has 2 aliphatic carbocycles. The van der Waals surface area contributed by atoms with E-state index in [9.17, 15) is 14.7 Å². The van der Waals surface area contributed by atoms with Crippen molar-refractivity contribution in [2.75, 3.05) is 0 Å². The molecule has 0 saturated heterocycles. The number of aliphatic carboxylic acids is 1. The maximum Gasteiger partial charge on any atom is 0.309 e. The highest BCUT2D eigenvalue weighted by Gasteiger charge is 2.56. The standard InChI is InChI=1S/C18H22O3/c1-11-5-6-13-12(9-11)14(19)10-15-17(13,2)7-4-8-18(15,3)16(20)21/h5-6,9,15H,4,7-8,10H2,1-3H3,(H,20,21)/t15-,17-,18+/m0/s1. The lowest BCUT2D eigenvalue weighted by Crippen LogP contribution is -2.53. The van der Waals surface area contributed by atoms with Crippen LogP contribution in [0, 0.1) is 18.3 Å². The third kappa shape index (κ3) is 1.86. The van der Waals surface area contributed by atoms with Gasteiger partial charge in [0.05, 0.1) is 5.41 Å². The lowest BCUT2D eigenvalue weighted by Gasteiger charge is -2.53. The minimum Gasteiger partial charge on any atom is -0.481 e. The molecule has 0 heterocycles. The molecule has 0 bridgehead atoms. The number of hydrogen-bond donors (Lipinski definition) is 1. The molecule has 3 heteroatoms. The summed E-state index contributed by atoms with van der Waals surface area (Å²) in [4.78, 5) is 24.4. The third-order valence-electron chi connectivity index (χ3n) is 5.90. The number of carboxylic acids is 1. The van der Waals surface area contributed by atoms with Crippen LogP contribution < -0.4 is 0 Å². The number of fused-ring (bicyclic) bond motifs is 3. The van der Waals surface area contributed by atoms with Crippen molar-refractivity contribution >= 4 is 11.8 Å². The average molecular weight is 286 g/mol. The number of hydrogen-bond acceptors (Lipinski definition) is 2. The van der Waals surface area contributed by atoms with Gasteiger partial charge in [-0.1, -0.05) is 31.0 Å². The maximum absolute atomic E-state index is 12.6. The van der Waals surface area contributed by atoms with Gasteiger partial charge in [0, 0.05) is 12.0 Å². The lowest BCUT2D eigenvalue weighted by atomic mass is 9.49. The Hall–Kier alpha value is -1.64. The first-order valence-corrected chi connectivity index (χ1v) is 7.67. The Kier molecular flexibility index (Phi) is 3.01. The van der Waals surface area contributed by atoms with Crippen LogP contribution in [0.4, 0.5) is 0 Å². The van der Waals surface area contributed by atoms with Gasteiger partial charge in [-0.25, -0.2) is 0 Å². The molecular formula is C18H22O3. The largest absolute Gasteiger partial charge is 0.481 e. The van der Waals surface area contributed by atoms with Crippen molar-refractivity contribution in [1.82, 2.24) is 0 Å². The Morgan fingerprint density at radius 2 is 2.00 bits per heavy atom. The van der Waals surface area contributed by atoms with Crippen LogP contribution in [-0.2, 0) is 10.2 Å². The van der Waals surface area contributed by atoms with Crippen LogP contribution in [0.1, 0.15) is 61.0 Å². The number of carboxylic acid groups (broad SMARTS) is 1. The highest BCUT2D eigenvalue weighted by atomic mass is 16.4. The molecule has 21 heavy (non-hydrogen) atoms. The highest BCUT2D eigenvalue weighted by molar-refractivity contribution is 6.00. The molecule has 1 N–H and O–H groups in total. The monoisotopic (exact) mass is 286 g/mol. The normalized spacial score (nSPS) is 35.0. The first-order chi connectivity index (χ1) is 9.79. The molecule has 1 saturated carbocycles. The number of carbonyl (C=O) groups is 2. The van der Waals surface area contributed by atoms with E-state index in [-0.39, 0.29) is 17.1 Å². The molecule has 0 unspecified atom stereocenters. The van der Waals surface area contributed by atoms with Crippen molar-refractivity contribution in [3.8, 4) is 0 Å². The van der Waals surface area contributed by atoms with Crippen LogP contribution >= 0.6 is 0 Å². The molecule has 3 rings (SSSR count). The fourth-order valence-corrected chi connectivity index (χ4v) is 4.59. The number of ketones is 1. The van der Waals surface area contributed by atoms with E-state index in [2.05, 4.69) is 6.92 Å². The molecule has 3 nitrogen and oxygen atoms in total. The molecule has 2 aliphatic rings. The Morgan fingerprint density at radius 3 is 2.67 bits per heavy atom. The van der Waals surface area contributed by atoms with E-state index in [0.29, 0.717) is 12.8 Å². The first-order valence-electron chi connectivity index (χ1n) is 7.67. The highest BCUT2D eigenvalue weighted by Crippen LogP contribution is 2.57. The van der Waals surface area contributed by atoms with Crippen molar-refractivity contribution in [1.29, 1.82) is 0 Å². The van der Waals surface area contributed by atoms with Gasteiger partial charge in [-0.15, -0.1) is 0 Å². The van der Waals surface area contributed by atoms with Gasteiger partial charge >= 0.3 is 5.97 Å². The molecule has 0 aromatic heterocycles. The van der Waals surface area contributed by atoms with Gasteiger partial charge < -0.3 is 5.11 Å². The summed E-state index contributed by atoms with van der Waals surface area (Å²) in [6.07, 6.45) is 2.88. The van der Waals surface area contributed by atoms with Gasteiger partial charge in [-0.2, -0.15) is 0 Å². The molecule has 0 radical (unpaired) electrons. The van der Waals surface area contributed by atoms with Crippen molar-refractivity contribution in [3.63, 3.8) is 0 Å². The van der Waals surface area contributed by atoms with Crippen LogP contribution in [0.5, 0.6) is 0 Å². The van der Waals surface area contributed by atoms with Gasteiger partial charge in [0.2, 0.25) is 0 Å². The van der Waals surface area contributed by atoms with Gasteiger partial charge in [0.15, 0.2) is 5.78 Å². The second-order valence-corrected chi connectivity index (χ2v) is 7.22. The van der Waals surface area contributed by atoms with Gasteiger partial charge in [0.25, 0.3) is 0 Å². The number of rotatable bonds is 1. The Bertz CT molecular complexity index is 633. The quantitative estimate of drug-likeness (QED) is 0.855. The van der Waals surface area contributed by atoms with E-state index in [4.69, 9.17) is 0 Å². The summed E-state index contributed by atoms with van der Waals surface area (Å²) in [5, 5.41) is 9.72. The summed E-state index contributed by atoms with van der Waals surface area (Å²) in [6, 6.07) is 6.04. The molecule has 0 amide bonds. The fourth-order valence-electron chi connectivity index (χ4n) is 4.59. The molecule has 0 aliphatic heterocycles. The number of carbonyl (C=O) groups excluding carboxylic acids is 1. The van der Waals surface area contributed by atoms with Crippen LogP contribution in [0.15, 0.2) is 18.2 Å². The molecule has 1 aromatic carbocycles. The number of aryl methyl sites for hydroxylation is 1. The Balaban J connectivity index is 2.19. The topological polar surface area (TPSA) is 54.4 Å². The molecule has 112 valence electrons. The second-order valence-electron chi connectivity index (χ2n) is 7.22. The Labute approximate surface area is 125 Å².